The lowest BCUT2D eigenvalue weighted by molar-refractivity contribution is 0.221. The van der Waals surface area contributed by atoms with Gasteiger partial charge in [-0.1, -0.05) is 15.9 Å². The number of aromatic nitrogens is 2. The average Bonchev–Trinajstić information content (AvgIpc) is 3.16. The van der Waals surface area contributed by atoms with Crippen LogP contribution in [0, 0.1) is 0 Å². The number of nitrogens with one attached hydrogen (secondary N) is 1. The predicted molar refractivity (Wildman–Crippen MR) is 99.8 cm³/mol. The van der Waals surface area contributed by atoms with Crippen molar-refractivity contribution in [1.82, 2.24) is 9.78 Å². The van der Waals surface area contributed by atoms with Gasteiger partial charge in [0.2, 0.25) is 0 Å². The van der Waals surface area contributed by atoms with E-state index >= 15 is 0 Å². The van der Waals surface area contributed by atoms with Gasteiger partial charge in [0.15, 0.2) is 6.73 Å². The number of ether oxygens (including phenoxy) is 1. The van der Waals surface area contributed by atoms with Crippen LogP contribution in [0.15, 0.2) is 61.3 Å². The van der Waals surface area contributed by atoms with Gasteiger partial charge in [0.1, 0.15) is 9.96 Å². The second-order valence-corrected chi connectivity index (χ2v) is 9.95. The first-order valence-corrected chi connectivity index (χ1v) is 10.5. The first kappa shape index (κ1) is 17.5. The largest absolute Gasteiger partial charge is 0.471 e. The van der Waals surface area contributed by atoms with Gasteiger partial charge in [0.05, 0.1) is 21.9 Å². The van der Waals surface area contributed by atoms with Crippen molar-refractivity contribution in [2.75, 3.05) is 4.72 Å². The van der Waals surface area contributed by atoms with Crippen molar-refractivity contribution < 1.29 is 13.2 Å². The Morgan fingerprint density at radius 1 is 1.17 bits per heavy atom. The minimum absolute atomic E-state index is 0.175. The highest BCUT2D eigenvalue weighted by Gasteiger charge is 2.17. The summed E-state index contributed by atoms with van der Waals surface area (Å²) in [6.45, 7) is 0.175. The Morgan fingerprint density at radius 3 is 2.58 bits per heavy atom. The first-order valence-electron chi connectivity index (χ1n) is 6.61. The molecule has 3 aromatic rings. The average molecular weight is 493 g/mol. The number of nitrogens with zero attached hydrogens (tertiary/aromatic N) is 2. The zero-order valence-electron chi connectivity index (χ0n) is 12.0. The molecular weight excluding hydrogens is 482 g/mol. The number of sulfonamides is 1. The molecule has 0 saturated heterocycles. The lowest BCUT2D eigenvalue weighted by atomic mass is 10.3. The van der Waals surface area contributed by atoms with Gasteiger partial charge in [-0.15, -0.1) is 11.3 Å². The monoisotopic (exact) mass is 491 g/mol. The van der Waals surface area contributed by atoms with Crippen LogP contribution in [0.4, 0.5) is 5.69 Å². The molecule has 0 unspecified atom stereocenters. The smallest absolute Gasteiger partial charge is 0.271 e. The van der Waals surface area contributed by atoms with E-state index in [-0.39, 0.29) is 10.9 Å². The molecule has 0 aliphatic heterocycles. The fourth-order valence-corrected chi connectivity index (χ4v) is 5.11. The number of halogens is 2. The summed E-state index contributed by atoms with van der Waals surface area (Å²) in [5.74, 6) is 0.694. The minimum atomic E-state index is -3.61. The van der Waals surface area contributed by atoms with E-state index in [2.05, 4.69) is 41.7 Å². The zero-order chi connectivity index (χ0) is 17.2. The molecule has 10 heteroatoms. The molecule has 0 atom stereocenters. The third-order valence-electron chi connectivity index (χ3n) is 2.88. The van der Waals surface area contributed by atoms with Gasteiger partial charge in [-0.2, -0.15) is 5.10 Å². The van der Waals surface area contributed by atoms with Crippen molar-refractivity contribution in [1.29, 1.82) is 0 Å². The molecule has 0 aliphatic carbocycles. The van der Waals surface area contributed by atoms with Gasteiger partial charge in [0.25, 0.3) is 10.0 Å². The molecule has 1 N–H and O–H groups in total. The SMILES string of the molecule is O=S(=O)(Nc1cnn(COc2ccc(Br)cc2)c1)c1ccc(Br)s1. The van der Waals surface area contributed by atoms with Crippen LogP contribution < -0.4 is 9.46 Å². The number of anilines is 1. The van der Waals surface area contributed by atoms with E-state index in [4.69, 9.17) is 4.74 Å². The van der Waals surface area contributed by atoms with Crippen molar-refractivity contribution >= 4 is 58.9 Å². The highest BCUT2D eigenvalue weighted by atomic mass is 79.9. The van der Waals surface area contributed by atoms with Crippen LogP contribution in [0.3, 0.4) is 0 Å². The molecule has 3 rings (SSSR count). The Bertz CT molecular complexity index is 936. The van der Waals surface area contributed by atoms with Crippen LogP contribution in [-0.4, -0.2) is 18.2 Å². The molecule has 0 bridgehead atoms. The number of hydrogen-bond acceptors (Lipinski definition) is 5. The Balaban J connectivity index is 1.64. The summed E-state index contributed by atoms with van der Waals surface area (Å²) in [5.41, 5.74) is 0.374. The molecule has 2 aromatic heterocycles. The van der Waals surface area contributed by atoms with Gasteiger partial charge >= 0.3 is 0 Å². The topological polar surface area (TPSA) is 73.2 Å². The predicted octanol–water partition coefficient (Wildman–Crippen LogP) is 4.31. The fourth-order valence-electron chi connectivity index (χ4n) is 1.81. The van der Waals surface area contributed by atoms with E-state index < -0.39 is 10.0 Å². The van der Waals surface area contributed by atoms with E-state index in [1.54, 1.807) is 12.3 Å². The summed E-state index contributed by atoms with van der Waals surface area (Å²) in [7, 11) is -3.61. The maximum Gasteiger partial charge on any atom is 0.271 e. The number of thiophene rings is 1. The van der Waals surface area contributed by atoms with Gasteiger partial charge in [-0.05, 0) is 52.3 Å². The van der Waals surface area contributed by atoms with Crippen LogP contribution in [0.25, 0.3) is 0 Å². The van der Waals surface area contributed by atoms with Crippen LogP contribution in [0.1, 0.15) is 0 Å². The molecule has 0 fully saturated rings. The van der Waals surface area contributed by atoms with Crippen LogP contribution in [0.2, 0.25) is 0 Å². The molecule has 0 amide bonds. The third-order valence-corrected chi connectivity index (χ3v) is 6.90. The first-order chi connectivity index (χ1) is 11.4. The van der Waals surface area contributed by atoms with E-state index in [9.17, 15) is 8.42 Å². The Labute approximate surface area is 159 Å². The second kappa shape index (κ2) is 7.26. The molecular formula is C14H11Br2N3O3S2. The Hall–Kier alpha value is -1.36. The summed E-state index contributed by atoms with van der Waals surface area (Å²) in [4.78, 5) is 0. The summed E-state index contributed by atoms with van der Waals surface area (Å²) >= 11 is 7.74. The molecule has 0 radical (unpaired) electrons. The minimum Gasteiger partial charge on any atom is -0.471 e. The standard InChI is InChI=1S/C14H11Br2N3O3S2/c15-10-1-3-12(4-2-10)22-9-19-8-11(7-17-19)18-24(20,21)14-6-5-13(16)23-14/h1-8,18H,9H2. The van der Waals surface area contributed by atoms with E-state index in [1.807, 2.05) is 24.3 Å². The number of hydrogen-bond donors (Lipinski definition) is 1. The molecule has 6 nitrogen and oxygen atoms in total. The van der Waals surface area contributed by atoms with Gasteiger partial charge in [0, 0.05) is 4.47 Å². The van der Waals surface area contributed by atoms with Gasteiger partial charge in [-0.25, -0.2) is 13.1 Å². The van der Waals surface area contributed by atoms with Crippen LogP contribution in [-0.2, 0) is 16.8 Å². The summed E-state index contributed by atoms with van der Waals surface area (Å²) in [6, 6.07) is 10.6. The Kier molecular flexibility index (Phi) is 5.28. The van der Waals surface area contributed by atoms with E-state index in [1.165, 1.54) is 16.9 Å². The number of benzene rings is 1. The van der Waals surface area contributed by atoms with Gasteiger partial charge in [-0.3, -0.25) is 4.72 Å². The summed E-state index contributed by atoms with van der Waals surface area (Å²) in [5, 5.41) is 4.08. The molecule has 0 saturated carbocycles. The zero-order valence-corrected chi connectivity index (χ0v) is 16.8. The highest BCUT2D eigenvalue weighted by Crippen LogP contribution is 2.27. The summed E-state index contributed by atoms with van der Waals surface area (Å²) in [6.07, 6.45) is 3.00. The van der Waals surface area contributed by atoms with Crippen molar-refractivity contribution in [3.63, 3.8) is 0 Å². The Morgan fingerprint density at radius 2 is 1.92 bits per heavy atom. The van der Waals surface area contributed by atoms with Crippen LogP contribution in [0.5, 0.6) is 5.75 Å². The van der Waals surface area contributed by atoms with Gasteiger partial charge < -0.3 is 4.74 Å². The van der Waals surface area contributed by atoms with Crippen molar-refractivity contribution in [2.45, 2.75) is 10.9 Å². The van der Waals surface area contributed by atoms with Crippen molar-refractivity contribution in [3.05, 3.63) is 57.1 Å². The van der Waals surface area contributed by atoms with E-state index in [0.717, 1.165) is 19.6 Å². The lowest BCUT2D eigenvalue weighted by Crippen LogP contribution is -2.11. The fraction of sp³-hybridized carbons (Fsp3) is 0.0714. The van der Waals surface area contributed by atoms with E-state index in [0.29, 0.717) is 11.4 Å². The van der Waals surface area contributed by atoms with Crippen LogP contribution >= 0.6 is 43.2 Å². The van der Waals surface area contributed by atoms with Crippen molar-refractivity contribution in [2.24, 2.45) is 0 Å². The highest BCUT2D eigenvalue weighted by molar-refractivity contribution is 9.11. The normalized spacial score (nSPS) is 11.4. The molecule has 0 aliphatic rings. The van der Waals surface area contributed by atoms with Crippen molar-refractivity contribution in [3.8, 4) is 5.75 Å². The molecule has 24 heavy (non-hydrogen) atoms. The third kappa shape index (κ3) is 4.38. The summed E-state index contributed by atoms with van der Waals surface area (Å²) < 4.78 is 36.0. The molecule has 0 spiro atoms. The number of rotatable bonds is 6. The quantitative estimate of drug-likeness (QED) is 0.556. The lowest BCUT2D eigenvalue weighted by Gasteiger charge is -2.06. The molecule has 2 heterocycles. The second-order valence-electron chi connectivity index (χ2n) is 4.66. The maximum absolute atomic E-state index is 12.2. The molecule has 1 aromatic carbocycles. The maximum atomic E-state index is 12.2. The molecule has 126 valence electrons.